The summed E-state index contributed by atoms with van der Waals surface area (Å²) in [5, 5.41) is 2.49. The minimum atomic E-state index is -1.11. The Morgan fingerprint density at radius 2 is 1.63 bits per heavy atom. The summed E-state index contributed by atoms with van der Waals surface area (Å²) in [6.45, 7) is 0.0881. The number of halogens is 2. The van der Waals surface area contributed by atoms with Crippen molar-refractivity contribution in [2.24, 2.45) is 0 Å². The van der Waals surface area contributed by atoms with Crippen LogP contribution < -0.4 is 11.1 Å². The maximum atomic E-state index is 13.7. The number of benzene rings is 3. The summed E-state index contributed by atoms with van der Waals surface area (Å²) in [7, 11) is 0. The fourth-order valence-electron chi connectivity index (χ4n) is 3.59. The van der Waals surface area contributed by atoms with Gasteiger partial charge in [-0.3, -0.25) is 0 Å². The Bertz CT molecular complexity index is 1140. The Balaban J connectivity index is 1.37. The predicted octanol–water partition coefficient (Wildman–Crippen LogP) is 4.44. The molecule has 0 aromatic heterocycles. The number of anilines is 1. The van der Waals surface area contributed by atoms with E-state index in [0.29, 0.717) is 0 Å². The number of hydrogen-bond donors (Lipinski definition) is 2. The van der Waals surface area contributed by atoms with Crippen LogP contribution in [0.4, 0.5) is 19.3 Å². The van der Waals surface area contributed by atoms with E-state index in [1.165, 1.54) is 6.07 Å². The number of fused-ring (bicyclic) bond motifs is 3. The summed E-state index contributed by atoms with van der Waals surface area (Å²) in [6, 6.07) is 18.2. The maximum Gasteiger partial charge on any atom is 0.407 e. The summed E-state index contributed by atoms with van der Waals surface area (Å²) in [6.07, 6.45) is -0.640. The number of carbonyl (C=O) groups is 1. The van der Waals surface area contributed by atoms with Crippen LogP contribution in [0.3, 0.4) is 0 Å². The monoisotopic (exact) mass is 404 g/mol. The van der Waals surface area contributed by atoms with Crippen LogP contribution in [0.25, 0.3) is 11.1 Å². The first-order valence-corrected chi connectivity index (χ1v) is 9.37. The highest BCUT2D eigenvalue weighted by Gasteiger charge is 2.28. The fourth-order valence-corrected chi connectivity index (χ4v) is 3.59. The van der Waals surface area contributed by atoms with Gasteiger partial charge in [0.1, 0.15) is 6.61 Å². The van der Waals surface area contributed by atoms with Crippen molar-refractivity contribution in [3.63, 3.8) is 0 Å². The first-order chi connectivity index (χ1) is 14.6. The van der Waals surface area contributed by atoms with Crippen LogP contribution in [-0.2, 0) is 4.74 Å². The molecule has 0 saturated heterocycles. The molecule has 3 aromatic rings. The van der Waals surface area contributed by atoms with Gasteiger partial charge in [-0.25, -0.2) is 13.6 Å². The van der Waals surface area contributed by atoms with E-state index in [1.807, 2.05) is 36.4 Å². The second kappa shape index (κ2) is 8.26. The number of ether oxygens (including phenoxy) is 1. The lowest BCUT2D eigenvalue weighted by Gasteiger charge is -2.14. The van der Waals surface area contributed by atoms with Gasteiger partial charge in [0.25, 0.3) is 0 Å². The molecule has 0 bridgehead atoms. The summed E-state index contributed by atoms with van der Waals surface area (Å²) in [5.74, 6) is 2.81. The van der Waals surface area contributed by atoms with Crippen LogP contribution >= 0.6 is 0 Å². The van der Waals surface area contributed by atoms with E-state index in [9.17, 15) is 13.6 Å². The van der Waals surface area contributed by atoms with Crippen LogP contribution in [0.1, 0.15) is 22.6 Å². The molecule has 1 aliphatic carbocycles. The minimum Gasteiger partial charge on any atom is -0.449 e. The number of rotatable bonds is 3. The van der Waals surface area contributed by atoms with Gasteiger partial charge in [-0.15, -0.1) is 0 Å². The molecule has 150 valence electrons. The van der Waals surface area contributed by atoms with Gasteiger partial charge in [-0.1, -0.05) is 60.4 Å². The molecule has 3 N–H and O–H groups in total. The van der Waals surface area contributed by atoms with Gasteiger partial charge in [0.2, 0.25) is 0 Å². The number of carbonyl (C=O) groups excluding carboxylic acids is 1. The summed E-state index contributed by atoms with van der Waals surface area (Å²) >= 11 is 0. The molecule has 4 nitrogen and oxygen atoms in total. The number of nitrogen functional groups attached to an aromatic ring is 1. The zero-order chi connectivity index (χ0) is 21.1. The molecule has 0 radical (unpaired) electrons. The van der Waals surface area contributed by atoms with E-state index in [-0.39, 0.29) is 30.3 Å². The van der Waals surface area contributed by atoms with Gasteiger partial charge in [-0.2, -0.15) is 0 Å². The Kier molecular flexibility index (Phi) is 5.36. The summed E-state index contributed by atoms with van der Waals surface area (Å²) in [5.41, 5.74) is 9.92. The lowest BCUT2D eigenvalue weighted by molar-refractivity contribution is 0.144. The topological polar surface area (TPSA) is 64.3 Å². The van der Waals surface area contributed by atoms with Crippen molar-refractivity contribution >= 4 is 11.8 Å². The summed E-state index contributed by atoms with van der Waals surface area (Å²) in [4.78, 5) is 12.1. The average Bonchev–Trinajstić information content (AvgIpc) is 3.08. The molecule has 6 heteroatoms. The van der Waals surface area contributed by atoms with Gasteiger partial charge < -0.3 is 15.8 Å². The quantitative estimate of drug-likeness (QED) is 0.501. The van der Waals surface area contributed by atoms with Crippen molar-refractivity contribution in [2.75, 3.05) is 18.9 Å². The number of nitrogens with two attached hydrogens (primary N) is 1. The molecule has 4 rings (SSSR count). The molecule has 0 aliphatic heterocycles. The van der Waals surface area contributed by atoms with E-state index in [4.69, 9.17) is 10.5 Å². The number of nitrogens with one attached hydrogen (secondary N) is 1. The van der Waals surface area contributed by atoms with Crippen molar-refractivity contribution in [3.8, 4) is 23.0 Å². The highest BCUT2D eigenvalue weighted by Crippen LogP contribution is 2.44. The van der Waals surface area contributed by atoms with Crippen molar-refractivity contribution in [1.29, 1.82) is 0 Å². The third-order valence-electron chi connectivity index (χ3n) is 5.01. The number of hydrogen-bond acceptors (Lipinski definition) is 3. The van der Waals surface area contributed by atoms with Crippen LogP contribution in [0.2, 0.25) is 0 Å². The second-order valence-corrected chi connectivity index (χ2v) is 6.81. The van der Waals surface area contributed by atoms with Gasteiger partial charge in [-0.05, 0) is 34.4 Å². The highest BCUT2D eigenvalue weighted by molar-refractivity contribution is 5.79. The van der Waals surface area contributed by atoms with Crippen molar-refractivity contribution < 1.29 is 18.3 Å². The Hall–Kier alpha value is -3.85. The van der Waals surface area contributed by atoms with Crippen LogP contribution in [-0.4, -0.2) is 19.2 Å². The molecule has 0 saturated carbocycles. The molecule has 0 spiro atoms. The predicted molar refractivity (Wildman–Crippen MR) is 111 cm³/mol. The van der Waals surface area contributed by atoms with E-state index in [1.54, 1.807) is 0 Å². The molecule has 0 heterocycles. The maximum absolute atomic E-state index is 13.7. The third-order valence-corrected chi connectivity index (χ3v) is 5.01. The lowest BCUT2D eigenvalue weighted by Crippen LogP contribution is -2.26. The Labute approximate surface area is 172 Å². The molecule has 0 unspecified atom stereocenters. The van der Waals surface area contributed by atoms with Crippen molar-refractivity contribution in [2.45, 2.75) is 5.92 Å². The van der Waals surface area contributed by atoms with Gasteiger partial charge in [0.15, 0.2) is 11.6 Å². The Morgan fingerprint density at radius 3 is 2.30 bits per heavy atom. The van der Waals surface area contributed by atoms with Gasteiger partial charge >= 0.3 is 6.09 Å². The molecular formula is C24H18F2N2O2. The SMILES string of the molecule is Nc1ccc(F)c(F)c1C#CCNC(=O)OCC1c2ccccc2-c2ccccc21. The molecule has 3 aromatic carbocycles. The molecular weight excluding hydrogens is 386 g/mol. The van der Waals surface area contributed by atoms with Crippen LogP contribution in [0.15, 0.2) is 60.7 Å². The highest BCUT2D eigenvalue weighted by atomic mass is 19.2. The lowest BCUT2D eigenvalue weighted by atomic mass is 9.98. The largest absolute Gasteiger partial charge is 0.449 e. The standard InChI is InChI=1S/C24H18F2N2O2/c25-21-11-12-22(27)19(23(21)26)10-5-13-28-24(29)30-14-20-17-8-3-1-6-15(17)16-7-2-4-9-18(16)20/h1-4,6-9,11-12,20H,13-14,27H2,(H,28,29). The first kappa shape index (κ1) is 19.5. The van der Waals surface area contributed by atoms with Crippen molar-refractivity contribution in [3.05, 3.63) is 89.0 Å². The van der Waals surface area contributed by atoms with Gasteiger partial charge in [0.05, 0.1) is 17.8 Å². The number of amides is 1. The van der Waals surface area contributed by atoms with Gasteiger partial charge in [0, 0.05) is 5.92 Å². The summed E-state index contributed by atoms with van der Waals surface area (Å²) < 4.78 is 32.4. The molecule has 0 atom stereocenters. The van der Waals surface area contributed by atoms with Crippen LogP contribution in [0.5, 0.6) is 0 Å². The Morgan fingerprint density at radius 1 is 1.00 bits per heavy atom. The van der Waals surface area contributed by atoms with Crippen molar-refractivity contribution in [1.82, 2.24) is 5.32 Å². The van der Waals surface area contributed by atoms with E-state index < -0.39 is 17.7 Å². The molecule has 0 fully saturated rings. The van der Waals surface area contributed by atoms with Crippen LogP contribution in [0, 0.1) is 23.5 Å². The number of alkyl carbamates (subject to hydrolysis) is 1. The zero-order valence-electron chi connectivity index (χ0n) is 15.9. The van der Waals surface area contributed by atoms with E-state index in [2.05, 4.69) is 29.3 Å². The smallest absolute Gasteiger partial charge is 0.407 e. The van der Waals surface area contributed by atoms with E-state index >= 15 is 0 Å². The third kappa shape index (κ3) is 3.70. The molecule has 30 heavy (non-hydrogen) atoms. The van der Waals surface area contributed by atoms with E-state index in [0.717, 1.165) is 28.3 Å². The minimum absolute atomic E-state index is 0.0301. The molecule has 1 aliphatic rings. The fraction of sp³-hybridized carbons (Fsp3) is 0.125. The average molecular weight is 404 g/mol. The first-order valence-electron chi connectivity index (χ1n) is 9.37. The zero-order valence-corrected chi connectivity index (χ0v) is 15.9. The second-order valence-electron chi connectivity index (χ2n) is 6.81. The normalized spacial score (nSPS) is 11.8. The molecule has 1 amide bonds.